The van der Waals surface area contributed by atoms with Crippen LogP contribution in [0.4, 0.5) is 0 Å². The minimum atomic E-state index is -0.315. The summed E-state index contributed by atoms with van der Waals surface area (Å²) in [6.45, 7) is 12.3. The average Bonchev–Trinajstić information content (AvgIpc) is 3.07. The van der Waals surface area contributed by atoms with Crippen LogP contribution >= 0.6 is 0 Å². The summed E-state index contributed by atoms with van der Waals surface area (Å²) in [5.41, 5.74) is 7.83. The Bertz CT molecular complexity index is 1410. The molecule has 252 valence electrons. The molecule has 0 atom stereocenters. The maximum atomic E-state index is 12.5. The largest absolute Gasteiger partial charge is 0.494 e. The lowest BCUT2D eigenvalue weighted by molar-refractivity contribution is 0.0549. The van der Waals surface area contributed by atoms with Gasteiger partial charge in [-0.2, -0.15) is 0 Å². The van der Waals surface area contributed by atoms with Crippen molar-refractivity contribution in [3.8, 4) is 22.6 Å². The number of carbonyl (C=O) groups excluding carboxylic acids is 1. The van der Waals surface area contributed by atoms with Crippen LogP contribution in [0.2, 0.25) is 0 Å². The summed E-state index contributed by atoms with van der Waals surface area (Å²) in [4.78, 5) is 12.5. The fraction of sp³-hybridized carbons (Fsp3) is 0.419. The third-order valence-electron chi connectivity index (χ3n) is 8.17. The fourth-order valence-corrected chi connectivity index (χ4v) is 5.15. The molecule has 3 aromatic rings. The van der Waals surface area contributed by atoms with E-state index in [0.29, 0.717) is 12.2 Å². The van der Waals surface area contributed by atoms with Crippen molar-refractivity contribution in [3.63, 3.8) is 0 Å². The number of rotatable bonds is 21. The highest BCUT2D eigenvalue weighted by Crippen LogP contribution is 2.25. The Kier molecular flexibility index (Phi) is 17.3. The van der Waals surface area contributed by atoms with E-state index in [1.807, 2.05) is 42.5 Å². The van der Waals surface area contributed by atoms with Gasteiger partial charge in [-0.25, -0.2) is 4.79 Å². The van der Waals surface area contributed by atoms with E-state index in [-0.39, 0.29) is 12.6 Å². The van der Waals surface area contributed by atoms with Crippen LogP contribution < -0.4 is 9.47 Å². The summed E-state index contributed by atoms with van der Waals surface area (Å²) in [5, 5.41) is 0. The standard InChI is InChI=1S/C43H56O4/c1-6-7-8-9-10-11-31-45-41-26-22-38(23-27-41)39-24-28-42(29-25-39)47-33-37-18-20-40(21-19-37)43(44)46-32-30-36(5)17-13-16-35(4)15-12-14-34(2)3/h14,16,18-30H,6-13,15,17,31-33H2,1-5H3/b35-16+,36-30+. The van der Waals surface area contributed by atoms with Gasteiger partial charge in [-0.1, -0.05) is 104 Å². The summed E-state index contributed by atoms with van der Waals surface area (Å²) in [5.74, 6) is 1.40. The lowest BCUT2D eigenvalue weighted by atomic mass is 10.1. The Morgan fingerprint density at radius 1 is 0.617 bits per heavy atom. The molecular weight excluding hydrogens is 580 g/mol. The summed E-state index contributed by atoms with van der Waals surface area (Å²) in [7, 11) is 0. The SMILES string of the molecule is CCCCCCCCOc1ccc(-c2ccc(OCc3ccc(C(=O)OC/C=C(\C)CC/C=C(\C)CCC=C(C)C)cc3)cc2)cc1. The number of allylic oxidation sites excluding steroid dienone is 5. The van der Waals surface area contributed by atoms with Crippen molar-refractivity contribution in [2.45, 2.75) is 105 Å². The molecule has 0 aliphatic carbocycles. The van der Waals surface area contributed by atoms with Gasteiger partial charge in [0, 0.05) is 0 Å². The van der Waals surface area contributed by atoms with Crippen molar-refractivity contribution >= 4 is 5.97 Å². The van der Waals surface area contributed by atoms with E-state index in [2.05, 4.69) is 71.0 Å². The Morgan fingerprint density at radius 3 is 1.79 bits per heavy atom. The number of unbranched alkanes of at least 4 members (excludes halogenated alkanes) is 5. The van der Waals surface area contributed by atoms with Crippen LogP contribution in [0.1, 0.15) is 115 Å². The van der Waals surface area contributed by atoms with Crippen LogP contribution in [0.15, 0.2) is 108 Å². The van der Waals surface area contributed by atoms with Crippen molar-refractivity contribution in [2.24, 2.45) is 0 Å². The van der Waals surface area contributed by atoms with Gasteiger partial charge in [0.1, 0.15) is 24.7 Å². The number of benzene rings is 3. The molecule has 3 rings (SSSR count). The zero-order chi connectivity index (χ0) is 33.7. The molecule has 0 saturated heterocycles. The number of hydrogen-bond acceptors (Lipinski definition) is 4. The molecule has 0 bridgehead atoms. The molecule has 4 nitrogen and oxygen atoms in total. The van der Waals surface area contributed by atoms with Crippen molar-refractivity contribution in [1.29, 1.82) is 0 Å². The van der Waals surface area contributed by atoms with E-state index in [0.717, 1.165) is 66.9 Å². The zero-order valence-electron chi connectivity index (χ0n) is 29.5. The second-order valence-electron chi connectivity index (χ2n) is 12.7. The average molecular weight is 637 g/mol. The zero-order valence-corrected chi connectivity index (χ0v) is 29.5. The molecule has 0 radical (unpaired) electrons. The highest BCUT2D eigenvalue weighted by molar-refractivity contribution is 5.89. The molecule has 0 spiro atoms. The maximum absolute atomic E-state index is 12.5. The highest BCUT2D eigenvalue weighted by Gasteiger charge is 2.07. The van der Waals surface area contributed by atoms with Gasteiger partial charge < -0.3 is 14.2 Å². The van der Waals surface area contributed by atoms with Gasteiger partial charge in [-0.3, -0.25) is 0 Å². The Balaban J connectivity index is 1.35. The van der Waals surface area contributed by atoms with Gasteiger partial charge in [0.15, 0.2) is 0 Å². The van der Waals surface area contributed by atoms with Crippen LogP contribution in [-0.4, -0.2) is 19.2 Å². The lowest BCUT2D eigenvalue weighted by Crippen LogP contribution is -2.06. The smallest absolute Gasteiger partial charge is 0.338 e. The first kappa shape index (κ1) is 37.4. The van der Waals surface area contributed by atoms with E-state index in [1.165, 1.54) is 48.8 Å². The summed E-state index contributed by atoms with van der Waals surface area (Å²) in [6.07, 6.45) is 18.4. The van der Waals surface area contributed by atoms with Gasteiger partial charge >= 0.3 is 5.97 Å². The molecule has 4 heteroatoms. The fourth-order valence-electron chi connectivity index (χ4n) is 5.15. The quantitative estimate of drug-likeness (QED) is 0.0663. The highest BCUT2D eigenvalue weighted by atomic mass is 16.5. The van der Waals surface area contributed by atoms with Crippen LogP contribution in [0.25, 0.3) is 11.1 Å². The lowest BCUT2D eigenvalue weighted by Gasteiger charge is -2.10. The number of ether oxygens (including phenoxy) is 3. The molecule has 0 aromatic heterocycles. The number of esters is 1. The summed E-state index contributed by atoms with van der Waals surface area (Å²) >= 11 is 0. The molecule has 0 unspecified atom stereocenters. The predicted molar refractivity (Wildman–Crippen MR) is 197 cm³/mol. The van der Waals surface area contributed by atoms with E-state index in [1.54, 1.807) is 12.1 Å². The summed E-state index contributed by atoms with van der Waals surface area (Å²) in [6, 6.07) is 23.8. The molecule has 0 fully saturated rings. The van der Waals surface area contributed by atoms with Crippen LogP contribution in [0.5, 0.6) is 11.5 Å². The minimum Gasteiger partial charge on any atom is -0.494 e. The van der Waals surface area contributed by atoms with E-state index in [9.17, 15) is 4.79 Å². The van der Waals surface area contributed by atoms with Crippen molar-refractivity contribution in [3.05, 3.63) is 119 Å². The Labute approximate surface area is 284 Å². The topological polar surface area (TPSA) is 44.8 Å². The van der Waals surface area contributed by atoms with Gasteiger partial charge in [0.05, 0.1) is 12.2 Å². The third kappa shape index (κ3) is 15.4. The van der Waals surface area contributed by atoms with Gasteiger partial charge in [0.25, 0.3) is 0 Å². The molecule has 3 aromatic carbocycles. The van der Waals surface area contributed by atoms with E-state index < -0.39 is 0 Å². The Morgan fingerprint density at radius 2 is 1.17 bits per heavy atom. The van der Waals surface area contributed by atoms with Crippen LogP contribution in [-0.2, 0) is 11.3 Å². The molecule has 0 heterocycles. The maximum Gasteiger partial charge on any atom is 0.338 e. The summed E-state index contributed by atoms with van der Waals surface area (Å²) < 4.78 is 17.4. The number of carbonyl (C=O) groups is 1. The van der Waals surface area contributed by atoms with Gasteiger partial charge in [-0.05, 0) is 119 Å². The molecule has 0 saturated carbocycles. The van der Waals surface area contributed by atoms with Gasteiger partial charge in [-0.15, -0.1) is 0 Å². The van der Waals surface area contributed by atoms with Crippen LogP contribution in [0, 0.1) is 0 Å². The normalized spacial score (nSPS) is 11.7. The minimum absolute atomic E-state index is 0.284. The van der Waals surface area contributed by atoms with E-state index in [4.69, 9.17) is 14.2 Å². The molecule has 0 N–H and O–H groups in total. The van der Waals surface area contributed by atoms with E-state index >= 15 is 0 Å². The second-order valence-corrected chi connectivity index (χ2v) is 12.7. The first-order valence-electron chi connectivity index (χ1n) is 17.5. The molecule has 0 amide bonds. The Hall–Kier alpha value is -4.05. The molecule has 0 aliphatic heterocycles. The van der Waals surface area contributed by atoms with Crippen molar-refractivity contribution < 1.29 is 19.0 Å². The third-order valence-corrected chi connectivity index (χ3v) is 8.17. The van der Waals surface area contributed by atoms with Crippen molar-refractivity contribution in [2.75, 3.05) is 13.2 Å². The monoisotopic (exact) mass is 636 g/mol. The molecular formula is C43H56O4. The van der Waals surface area contributed by atoms with Crippen LogP contribution in [0.3, 0.4) is 0 Å². The second kappa shape index (κ2) is 21.7. The molecule has 0 aliphatic rings. The molecule has 47 heavy (non-hydrogen) atoms. The first-order chi connectivity index (χ1) is 22.8. The number of hydrogen-bond donors (Lipinski definition) is 0. The first-order valence-corrected chi connectivity index (χ1v) is 17.5. The predicted octanol–water partition coefficient (Wildman–Crippen LogP) is 12.2. The van der Waals surface area contributed by atoms with Crippen molar-refractivity contribution in [1.82, 2.24) is 0 Å². The van der Waals surface area contributed by atoms with Gasteiger partial charge in [0.2, 0.25) is 0 Å².